The van der Waals surface area contributed by atoms with Crippen molar-refractivity contribution in [1.29, 1.82) is 0 Å². The zero-order valence-electron chi connectivity index (χ0n) is 14.7. The van der Waals surface area contributed by atoms with Gasteiger partial charge in [0.2, 0.25) is 12.5 Å². The molecule has 1 atom stereocenters. The summed E-state index contributed by atoms with van der Waals surface area (Å²) in [6.07, 6.45) is 0.932. The van der Waals surface area contributed by atoms with Gasteiger partial charge in [-0.25, -0.2) is 0 Å². The van der Waals surface area contributed by atoms with Crippen molar-refractivity contribution in [2.75, 3.05) is 39.9 Å². The molecule has 0 saturated carbocycles. The van der Waals surface area contributed by atoms with Crippen molar-refractivity contribution < 1.29 is 18.9 Å². The molecule has 25 heavy (non-hydrogen) atoms. The van der Waals surface area contributed by atoms with Crippen LogP contribution in [0.3, 0.4) is 0 Å². The summed E-state index contributed by atoms with van der Waals surface area (Å²) in [5.41, 5.74) is 3.35. The third kappa shape index (κ3) is 2.72. The first-order chi connectivity index (χ1) is 12.2. The maximum atomic E-state index is 5.72. The minimum Gasteiger partial charge on any atom is -0.497 e. The van der Waals surface area contributed by atoms with Crippen molar-refractivity contribution in [3.05, 3.63) is 41.5 Å². The number of benzene rings is 2. The van der Waals surface area contributed by atoms with Crippen LogP contribution < -0.4 is 24.3 Å². The Bertz CT molecular complexity index is 776. The standard InChI is InChI=1S/C19H22N2O4/c1-21-9-8-12-10-15-17(25-11-24-15)18(23-3)16(12)19(21)20-13-4-6-14(22-2)7-5-13/h4-7,10,19-20H,8-9,11H2,1-3H3/t19-/m0/s1. The van der Waals surface area contributed by atoms with Gasteiger partial charge in [0.05, 0.1) is 14.2 Å². The first kappa shape index (κ1) is 15.9. The number of rotatable bonds is 4. The molecule has 2 aromatic rings. The molecule has 0 amide bonds. The molecule has 0 unspecified atom stereocenters. The Morgan fingerprint density at radius 2 is 1.92 bits per heavy atom. The van der Waals surface area contributed by atoms with Crippen LogP contribution >= 0.6 is 0 Å². The molecule has 1 N–H and O–H groups in total. The molecule has 0 bridgehead atoms. The summed E-state index contributed by atoms with van der Waals surface area (Å²) >= 11 is 0. The van der Waals surface area contributed by atoms with Crippen molar-refractivity contribution in [2.24, 2.45) is 0 Å². The number of nitrogens with one attached hydrogen (secondary N) is 1. The second-order valence-electron chi connectivity index (χ2n) is 6.22. The summed E-state index contributed by atoms with van der Waals surface area (Å²) in [4.78, 5) is 2.28. The van der Waals surface area contributed by atoms with Crippen LogP contribution in [0.1, 0.15) is 17.3 Å². The minimum atomic E-state index is -0.0124. The average molecular weight is 342 g/mol. The zero-order valence-corrected chi connectivity index (χ0v) is 14.7. The second kappa shape index (κ2) is 6.37. The summed E-state index contributed by atoms with van der Waals surface area (Å²) in [5.74, 6) is 3.05. The van der Waals surface area contributed by atoms with E-state index >= 15 is 0 Å². The third-order valence-corrected chi connectivity index (χ3v) is 4.79. The van der Waals surface area contributed by atoms with Crippen LogP contribution in [0.25, 0.3) is 0 Å². The highest BCUT2D eigenvalue weighted by Gasteiger charge is 2.33. The quantitative estimate of drug-likeness (QED) is 0.922. The molecule has 0 fully saturated rings. The van der Waals surface area contributed by atoms with Crippen LogP contribution in [0.15, 0.2) is 30.3 Å². The van der Waals surface area contributed by atoms with Crippen molar-refractivity contribution in [2.45, 2.75) is 12.6 Å². The highest BCUT2D eigenvalue weighted by atomic mass is 16.7. The Morgan fingerprint density at radius 3 is 2.64 bits per heavy atom. The number of hydrogen-bond donors (Lipinski definition) is 1. The summed E-state index contributed by atoms with van der Waals surface area (Å²) in [5, 5.41) is 3.60. The fourth-order valence-corrected chi connectivity index (χ4v) is 3.46. The Kier molecular flexibility index (Phi) is 4.05. The fourth-order valence-electron chi connectivity index (χ4n) is 3.46. The summed E-state index contributed by atoms with van der Waals surface area (Å²) < 4.78 is 22.2. The number of ether oxygens (including phenoxy) is 4. The van der Waals surface area contributed by atoms with Crippen molar-refractivity contribution in [3.63, 3.8) is 0 Å². The molecular formula is C19H22N2O4. The smallest absolute Gasteiger partial charge is 0.231 e. The summed E-state index contributed by atoms with van der Waals surface area (Å²) in [6.45, 7) is 1.19. The molecule has 2 aliphatic heterocycles. The molecule has 2 heterocycles. The lowest BCUT2D eigenvalue weighted by Gasteiger charge is -2.36. The zero-order chi connectivity index (χ0) is 17.4. The first-order valence-corrected chi connectivity index (χ1v) is 8.31. The number of hydrogen-bond acceptors (Lipinski definition) is 6. The van der Waals surface area contributed by atoms with Gasteiger partial charge in [0.25, 0.3) is 0 Å². The van der Waals surface area contributed by atoms with Crippen LogP contribution in [-0.4, -0.2) is 39.5 Å². The van der Waals surface area contributed by atoms with Gasteiger partial charge in [-0.15, -0.1) is 0 Å². The number of fused-ring (bicyclic) bond motifs is 2. The summed E-state index contributed by atoms with van der Waals surface area (Å²) in [6, 6.07) is 10.0. The van der Waals surface area contributed by atoms with E-state index in [1.807, 2.05) is 24.3 Å². The Morgan fingerprint density at radius 1 is 1.12 bits per heavy atom. The molecule has 4 rings (SSSR count). The molecule has 2 aromatic carbocycles. The lowest BCUT2D eigenvalue weighted by atomic mass is 9.94. The summed E-state index contributed by atoms with van der Waals surface area (Å²) in [7, 11) is 5.45. The molecule has 2 aliphatic rings. The van der Waals surface area contributed by atoms with Crippen molar-refractivity contribution in [1.82, 2.24) is 4.90 Å². The molecule has 6 heteroatoms. The molecule has 0 aromatic heterocycles. The van der Waals surface area contributed by atoms with Crippen LogP contribution in [0.2, 0.25) is 0 Å². The Balaban J connectivity index is 1.74. The number of likely N-dealkylation sites (N-methyl/N-ethyl adjacent to an activating group) is 1. The van der Waals surface area contributed by atoms with E-state index in [4.69, 9.17) is 18.9 Å². The average Bonchev–Trinajstić information content (AvgIpc) is 3.11. The van der Waals surface area contributed by atoms with E-state index in [1.165, 1.54) is 5.56 Å². The van der Waals surface area contributed by atoms with Crippen molar-refractivity contribution in [3.8, 4) is 23.0 Å². The number of methoxy groups -OCH3 is 2. The van der Waals surface area contributed by atoms with Gasteiger partial charge >= 0.3 is 0 Å². The first-order valence-electron chi connectivity index (χ1n) is 8.31. The minimum absolute atomic E-state index is 0.0124. The second-order valence-corrected chi connectivity index (χ2v) is 6.22. The van der Waals surface area contributed by atoms with E-state index < -0.39 is 0 Å². The number of nitrogens with zero attached hydrogens (tertiary/aromatic N) is 1. The van der Waals surface area contributed by atoms with Gasteiger partial charge in [-0.2, -0.15) is 0 Å². The normalized spacial score (nSPS) is 18.6. The maximum absolute atomic E-state index is 5.72. The highest BCUT2D eigenvalue weighted by molar-refractivity contribution is 5.63. The van der Waals surface area contributed by atoms with Gasteiger partial charge in [0.15, 0.2) is 11.5 Å². The van der Waals surface area contributed by atoms with Gasteiger partial charge < -0.3 is 24.3 Å². The molecule has 132 valence electrons. The van der Waals surface area contributed by atoms with E-state index in [2.05, 4.69) is 23.3 Å². The lowest BCUT2D eigenvalue weighted by molar-refractivity contribution is 0.170. The molecule has 6 nitrogen and oxygen atoms in total. The van der Waals surface area contributed by atoms with Gasteiger partial charge in [0, 0.05) is 17.8 Å². The Labute approximate surface area is 147 Å². The van der Waals surface area contributed by atoms with Crippen LogP contribution in [0.4, 0.5) is 5.69 Å². The molecule has 0 aliphatic carbocycles. The predicted octanol–water partition coefficient (Wildman–Crippen LogP) is 3.03. The van der Waals surface area contributed by atoms with Crippen LogP contribution in [-0.2, 0) is 6.42 Å². The molecular weight excluding hydrogens is 320 g/mol. The highest BCUT2D eigenvalue weighted by Crippen LogP contribution is 2.49. The van der Waals surface area contributed by atoms with Crippen LogP contribution in [0.5, 0.6) is 23.0 Å². The monoisotopic (exact) mass is 342 g/mol. The Hall–Kier alpha value is -2.60. The van der Waals surface area contributed by atoms with E-state index in [1.54, 1.807) is 14.2 Å². The predicted molar refractivity (Wildman–Crippen MR) is 94.8 cm³/mol. The van der Waals surface area contributed by atoms with Gasteiger partial charge in [-0.05, 0) is 49.4 Å². The van der Waals surface area contributed by atoms with E-state index in [0.29, 0.717) is 5.75 Å². The van der Waals surface area contributed by atoms with Gasteiger partial charge in [-0.3, -0.25) is 4.90 Å². The van der Waals surface area contributed by atoms with E-state index in [0.717, 1.165) is 41.5 Å². The molecule has 0 spiro atoms. The number of anilines is 1. The SMILES string of the molecule is COc1ccc(N[C@@H]2c3c(cc4c(c3OC)OCO4)CCN2C)cc1. The lowest BCUT2D eigenvalue weighted by Crippen LogP contribution is -2.37. The maximum Gasteiger partial charge on any atom is 0.231 e. The fraction of sp³-hybridized carbons (Fsp3) is 0.368. The largest absolute Gasteiger partial charge is 0.497 e. The van der Waals surface area contributed by atoms with Crippen molar-refractivity contribution >= 4 is 5.69 Å². The van der Waals surface area contributed by atoms with Gasteiger partial charge in [0.1, 0.15) is 11.9 Å². The molecule has 0 radical (unpaired) electrons. The van der Waals surface area contributed by atoms with E-state index in [-0.39, 0.29) is 13.0 Å². The third-order valence-electron chi connectivity index (χ3n) is 4.79. The van der Waals surface area contributed by atoms with Gasteiger partial charge in [-0.1, -0.05) is 0 Å². The molecule has 0 saturated heterocycles. The van der Waals surface area contributed by atoms with Crippen LogP contribution in [0, 0.1) is 0 Å². The topological polar surface area (TPSA) is 52.2 Å². The van der Waals surface area contributed by atoms with E-state index in [9.17, 15) is 0 Å².